The van der Waals surface area contributed by atoms with Crippen molar-refractivity contribution in [1.29, 1.82) is 0 Å². The second-order valence-corrected chi connectivity index (χ2v) is 7.91. The van der Waals surface area contributed by atoms with Gasteiger partial charge in [0.05, 0.1) is 24.4 Å². The number of benzene rings is 2. The highest BCUT2D eigenvalue weighted by Gasteiger charge is 2.27. The van der Waals surface area contributed by atoms with Crippen LogP contribution in [0.15, 0.2) is 48.8 Å². The number of rotatable bonds is 5. The van der Waals surface area contributed by atoms with E-state index in [2.05, 4.69) is 9.97 Å². The number of likely N-dealkylation sites (tertiary alicyclic amines) is 1. The van der Waals surface area contributed by atoms with E-state index in [9.17, 15) is 4.79 Å². The summed E-state index contributed by atoms with van der Waals surface area (Å²) in [6, 6.07) is 13.0. The number of ether oxygens (including phenoxy) is 3. The van der Waals surface area contributed by atoms with Gasteiger partial charge in [0.1, 0.15) is 23.6 Å². The molecule has 0 bridgehead atoms. The van der Waals surface area contributed by atoms with Gasteiger partial charge in [-0.3, -0.25) is 0 Å². The molecule has 2 heterocycles. The fourth-order valence-electron chi connectivity index (χ4n) is 3.87. The minimum absolute atomic E-state index is 0.0998. The van der Waals surface area contributed by atoms with Gasteiger partial charge in [0, 0.05) is 24.4 Å². The van der Waals surface area contributed by atoms with Crippen molar-refractivity contribution < 1.29 is 19.0 Å². The third kappa shape index (κ3) is 4.87. The van der Waals surface area contributed by atoms with Crippen LogP contribution in [0.1, 0.15) is 38.3 Å². The fourth-order valence-corrected chi connectivity index (χ4v) is 3.87. The number of carbonyl (C=O) groups excluding carboxylic acids is 1. The summed E-state index contributed by atoms with van der Waals surface area (Å²) in [6.07, 6.45) is 3.02. The molecule has 1 fully saturated rings. The maximum Gasteiger partial charge on any atom is 0.415 e. The highest BCUT2D eigenvalue weighted by molar-refractivity contribution is 5.82. The summed E-state index contributed by atoms with van der Waals surface area (Å²) < 4.78 is 16.5. The summed E-state index contributed by atoms with van der Waals surface area (Å²) in [5.74, 6) is 2.31. The molecule has 4 rings (SSSR count). The molecule has 1 aliphatic rings. The van der Waals surface area contributed by atoms with E-state index in [0.29, 0.717) is 18.8 Å². The fraction of sp³-hybridized carbons (Fsp3) is 0.375. The van der Waals surface area contributed by atoms with E-state index in [1.165, 1.54) is 0 Å². The third-order valence-corrected chi connectivity index (χ3v) is 5.41. The average molecular weight is 421 g/mol. The Balaban J connectivity index is 1.38. The van der Waals surface area contributed by atoms with Gasteiger partial charge in [-0.2, -0.15) is 0 Å². The minimum Gasteiger partial charge on any atom is -0.497 e. The van der Waals surface area contributed by atoms with E-state index >= 15 is 0 Å². The first-order valence-corrected chi connectivity index (χ1v) is 10.6. The molecule has 0 unspecified atom stereocenters. The third-order valence-electron chi connectivity index (χ3n) is 5.41. The molecule has 1 saturated heterocycles. The molecular weight excluding hydrogens is 394 g/mol. The van der Waals surface area contributed by atoms with Gasteiger partial charge in [-0.05, 0) is 69.2 Å². The second kappa shape index (κ2) is 9.20. The van der Waals surface area contributed by atoms with Gasteiger partial charge in [0.2, 0.25) is 0 Å². The molecule has 1 aliphatic heterocycles. The average Bonchev–Trinajstić information content (AvgIpc) is 2.79. The minimum atomic E-state index is -0.329. The van der Waals surface area contributed by atoms with E-state index in [0.717, 1.165) is 40.9 Å². The summed E-state index contributed by atoms with van der Waals surface area (Å²) in [5.41, 5.74) is 1.91. The molecule has 0 saturated carbocycles. The van der Waals surface area contributed by atoms with Crippen LogP contribution in [0.3, 0.4) is 0 Å². The Kier molecular flexibility index (Phi) is 6.21. The number of hydrogen-bond acceptors (Lipinski definition) is 6. The predicted octanol–water partition coefficient (Wildman–Crippen LogP) is 4.80. The molecular formula is C24H27N3O4. The second-order valence-electron chi connectivity index (χ2n) is 7.91. The topological polar surface area (TPSA) is 73.8 Å². The number of fused-ring (bicyclic) bond motifs is 1. The number of hydrogen-bond donors (Lipinski definition) is 0. The van der Waals surface area contributed by atoms with Crippen molar-refractivity contribution in [2.24, 2.45) is 0 Å². The monoisotopic (exact) mass is 421 g/mol. The van der Waals surface area contributed by atoms with Crippen molar-refractivity contribution in [3.05, 3.63) is 54.5 Å². The lowest BCUT2D eigenvalue weighted by Crippen LogP contribution is -2.39. The normalized spacial score (nSPS) is 14.6. The summed E-state index contributed by atoms with van der Waals surface area (Å²) in [6.45, 7) is 5.18. The van der Waals surface area contributed by atoms with E-state index in [-0.39, 0.29) is 18.1 Å². The van der Waals surface area contributed by atoms with E-state index in [1.807, 2.05) is 44.2 Å². The number of nitrogens with zero attached hydrogens (tertiary/aromatic N) is 3. The van der Waals surface area contributed by atoms with Gasteiger partial charge in [-0.25, -0.2) is 14.8 Å². The molecule has 2 aromatic carbocycles. The van der Waals surface area contributed by atoms with Gasteiger partial charge in [0.15, 0.2) is 0 Å². The van der Waals surface area contributed by atoms with E-state index < -0.39 is 0 Å². The van der Waals surface area contributed by atoms with Crippen LogP contribution in [0.5, 0.6) is 17.2 Å². The van der Waals surface area contributed by atoms with Gasteiger partial charge in [-0.15, -0.1) is 0 Å². The Bertz CT molecular complexity index is 1040. The standard InChI is InChI=1S/C24H27N3O4/c1-16(2)30-18-4-6-19(7-5-18)31-24(28)27-12-10-17(11-13-27)23-21-14-20(29-3)8-9-22(21)25-15-26-23/h4-9,14-17H,10-13H2,1-3H3. The molecule has 1 amide bonds. The number of aromatic nitrogens is 2. The zero-order chi connectivity index (χ0) is 21.8. The molecule has 0 radical (unpaired) electrons. The maximum absolute atomic E-state index is 12.6. The SMILES string of the molecule is COc1ccc2ncnc(C3CCN(C(=O)Oc4ccc(OC(C)C)cc4)CC3)c2c1. The first kappa shape index (κ1) is 20.9. The maximum atomic E-state index is 12.6. The smallest absolute Gasteiger partial charge is 0.415 e. The highest BCUT2D eigenvalue weighted by atomic mass is 16.6. The van der Waals surface area contributed by atoms with Crippen molar-refractivity contribution in [3.63, 3.8) is 0 Å². The Labute approximate surface area is 182 Å². The Hall–Kier alpha value is -3.35. The molecule has 7 heteroatoms. The van der Waals surface area contributed by atoms with Crippen LogP contribution in [0.4, 0.5) is 4.79 Å². The molecule has 0 atom stereocenters. The molecule has 0 N–H and O–H groups in total. The van der Waals surface area contributed by atoms with Crippen LogP contribution in [0, 0.1) is 0 Å². The Morgan fingerprint density at radius 1 is 1.00 bits per heavy atom. The van der Waals surface area contributed by atoms with Crippen molar-refractivity contribution in [2.75, 3.05) is 20.2 Å². The van der Waals surface area contributed by atoms with Gasteiger partial charge in [-0.1, -0.05) is 0 Å². The van der Waals surface area contributed by atoms with Crippen LogP contribution in [-0.4, -0.2) is 47.3 Å². The highest BCUT2D eigenvalue weighted by Crippen LogP contribution is 2.32. The summed E-state index contributed by atoms with van der Waals surface area (Å²) in [4.78, 5) is 23.3. The van der Waals surface area contributed by atoms with Crippen LogP contribution in [0.25, 0.3) is 10.9 Å². The summed E-state index contributed by atoms with van der Waals surface area (Å²) >= 11 is 0. The molecule has 1 aromatic heterocycles. The molecule has 0 aliphatic carbocycles. The first-order valence-electron chi connectivity index (χ1n) is 10.6. The van der Waals surface area contributed by atoms with Gasteiger partial charge in [0.25, 0.3) is 0 Å². The van der Waals surface area contributed by atoms with E-state index in [1.54, 1.807) is 30.5 Å². The summed E-state index contributed by atoms with van der Waals surface area (Å²) in [7, 11) is 1.65. The number of amides is 1. The number of piperidine rings is 1. The summed E-state index contributed by atoms with van der Waals surface area (Å²) in [5, 5.41) is 1.01. The molecule has 31 heavy (non-hydrogen) atoms. The van der Waals surface area contributed by atoms with Crippen molar-refractivity contribution in [1.82, 2.24) is 14.9 Å². The lowest BCUT2D eigenvalue weighted by Gasteiger charge is -2.31. The Morgan fingerprint density at radius 2 is 1.68 bits per heavy atom. The molecule has 0 spiro atoms. The van der Waals surface area contributed by atoms with Crippen LogP contribution < -0.4 is 14.2 Å². The zero-order valence-electron chi connectivity index (χ0n) is 18.1. The van der Waals surface area contributed by atoms with Crippen LogP contribution in [-0.2, 0) is 0 Å². The largest absolute Gasteiger partial charge is 0.497 e. The quantitative estimate of drug-likeness (QED) is 0.589. The van der Waals surface area contributed by atoms with Gasteiger partial charge >= 0.3 is 6.09 Å². The van der Waals surface area contributed by atoms with Crippen molar-refractivity contribution >= 4 is 17.0 Å². The lowest BCUT2D eigenvalue weighted by atomic mass is 9.91. The number of methoxy groups -OCH3 is 1. The number of carbonyl (C=O) groups is 1. The zero-order valence-corrected chi connectivity index (χ0v) is 18.1. The van der Waals surface area contributed by atoms with Crippen molar-refractivity contribution in [2.45, 2.75) is 38.7 Å². The molecule has 162 valence electrons. The predicted molar refractivity (Wildman–Crippen MR) is 118 cm³/mol. The molecule has 3 aromatic rings. The van der Waals surface area contributed by atoms with Crippen LogP contribution >= 0.6 is 0 Å². The van der Waals surface area contributed by atoms with E-state index in [4.69, 9.17) is 14.2 Å². The lowest BCUT2D eigenvalue weighted by molar-refractivity contribution is 0.138. The first-order chi connectivity index (χ1) is 15.0. The van der Waals surface area contributed by atoms with Crippen molar-refractivity contribution in [3.8, 4) is 17.2 Å². The van der Waals surface area contributed by atoms with Gasteiger partial charge < -0.3 is 19.1 Å². The van der Waals surface area contributed by atoms with Crippen LogP contribution in [0.2, 0.25) is 0 Å². The Morgan fingerprint density at radius 3 is 2.35 bits per heavy atom. The molecule has 7 nitrogen and oxygen atoms in total.